The zero-order valence-electron chi connectivity index (χ0n) is 11.0. The first-order valence-electron chi connectivity index (χ1n) is 5.89. The molecule has 0 aliphatic carbocycles. The maximum atomic E-state index is 13.3. The standard InChI is InChI=1S/C12H14ClFN2O4/c1-3-15(6-7(2)12(17)18)10-4-8(13)9(14)5-11(10)16(19)20/h4-5,7H,3,6H2,1-2H3,(H,17,18). The summed E-state index contributed by atoms with van der Waals surface area (Å²) in [7, 11) is 0. The van der Waals surface area contributed by atoms with E-state index >= 15 is 0 Å². The molecule has 1 N–H and O–H groups in total. The number of rotatable bonds is 6. The largest absolute Gasteiger partial charge is 0.481 e. The number of nitrogens with zero attached hydrogens (tertiary/aromatic N) is 2. The topological polar surface area (TPSA) is 83.7 Å². The zero-order valence-corrected chi connectivity index (χ0v) is 11.7. The van der Waals surface area contributed by atoms with Crippen molar-refractivity contribution in [2.75, 3.05) is 18.0 Å². The van der Waals surface area contributed by atoms with Crippen molar-refractivity contribution in [2.45, 2.75) is 13.8 Å². The van der Waals surface area contributed by atoms with Crippen LogP contribution in [0.4, 0.5) is 15.8 Å². The number of benzene rings is 1. The van der Waals surface area contributed by atoms with Gasteiger partial charge in [0.15, 0.2) is 0 Å². The molecule has 1 aromatic rings. The van der Waals surface area contributed by atoms with E-state index in [2.05, 4.69) is 0 Å². The lowest BCUT2D eigenvalue weighted by Crippen LogP contribution is -2.32. The molecule has 0 saturated heterocycles. The summed E-state index contributed by atoms with van der Waals surface area (Å²) >= 11 is 5.65. The lowest BCUT2D eigenvalue weighted by molar-refractivity contribution is -0.384. The Morgan fingerprint density at radius 3 is 2.65 bits per heavy atom. The Hall–Kier alpha value is -1.89. The first-order chi connectivity index (χ1) is 9.27. The molecule has 8 heteroatoms. The van der Waals surface area contributed by atoms with Crippen molar-refractivity contribution in [3.05, 3.63) is 33.1 Å². The molecule has 0 aliphatic heterocycles. The van der Waals surface area contributed by atoms with Crippen LogP contribution in [0, 0.1) is 21.8 Å². The summed E-state index contributed by atoms with van der Waals surface area (Å²) in [5, 5.41) is 19.6. The first kappa shape index (κ1) is 16.2. The zero-order chi connectivity index (χ0) is 15.4. The number of carbonyl (C=O) groups is 1. The fourth-order valence-corrected chi connectivity index (χ4v) is 1.89. The van der Waals surface area contributed by atoms with E-state index in [0.717, 1.165) is 12.1 Å². The number of carboxylic acids is 1. The van der Waals surface area contributed by atoms with Crippen LogP contribution in [-0.2, 0) is 4.79 Å². The Bertz CT molecular complexity index is 538. The molecule has 0 aromatic heterocycles. The van der Waals surface area contributed by atoms with Gasteiger partial charge in [0.2, 0.25) is 0 Å². The fraction of sp³-hybridized carbons (Fsp3) is 0.417. The summed E-state index contributed by atoms with van der Waals surface area (Å²) in [6.07, 6.45) is 0. The van der Waals surface area contributed by atoms with E-state index in [1.165, 1.54) is 11.8 Å². The predicted molar refractivity (Wildman–Crippen MR) is 72.8 cm³/mol. The van der Waals surface area contributed by atoms with Gasteiger partial charge in [-0.05, 0) is 13.0 Å². The van der Waals surface area contributed by atoms with E-state index in [9.17, 15) is 19.3 Å². The second kappa shape index (κ2) is 6.51. The molecule has 1 atom stereocenters. The van der Waals surface area contributed by atoms with Crippen LogP contribution in [0.25, 0.3) is 0 Å². The minimum atomic E-state index is -1.01. The number of hydrogen-bond acceptors (Lipinski definition) is 4. The SMILES string of the molecule is CCN(CC(C)C(=O)O)c1cc(Cl)c(F)cc1[N+](=O)[O-]. The number of anilines is 1. The third-order valence-corrected chi connectivity index (χ3v) is 3.14. The summed E-state index contributed by atoms with van der Waals surface area (Å²) in [4.78, 5) is 22.6. The maximum Gasteiger partial charge on any atom is 0.308 e. The number of aliphatic carboxylic acids is 1. The second-order valence-corrected chi connectivity index (χ2v) is 4.70. The van der Waals surface area contributed by atoms with Gasteiger partial charge >= 0.3 is 5.97 Å². The van der Waals surface area contributed by atoms with E-state index in [1.807, 2.05) is 0 Å². The van der Waals surface area contributed by atoms with Gasteiger partial charge in [0.25, 0.3) is 5.69 Å². The Balaban J connectivity index is 3.23. The number of nitro benzene ring substituents is 1. The number of halogens is 2. The van der Waals surface area contributed by atoms with Gasteiger partial charge in [-0.25, -0.2) is 4.39 Å². The van der Waals surface area contributed by atoms with Crippen molar-refractivity contribution in [2.24, 2.45) is 5.92 Å². The normalized spacial score (nSPS) is 12.0. The molecule has 0 amide bonds. The summed E-state index contributed by atoms with van der Waals surface area (Å²) in [5.41, 5.74) is -0.330. The molecule has 0 radical (unpaired) electrons. The molecule has 110 valence electrons. The Kier molecular flexibility index (Phi) is 5.26. The highest BCUT2D eigenvalue weighted by atomic mass is 35.5. The van der Waals surface area contributed by atoms with Crippen molar-refractivity contribution >= 4 is 28.9 Å². The average molecular weight is 305 g/mol. The minimum Gasteiger partial charge on any atom is -0.481 e. The molecular formula is C12H14ClFN2O4. The van der Waals surface area contributed by atoms with Crippen molar-refractivity contribution in [3.63, 3.8) is 0 Å². The molecule has 1 unspecified atom stereocenters. The van der Waals surface area contributed by atoms with Crippen LogP contribution < -0.4 is 4.90 Å². The van der Waals surface area contributed by atoms with E-state index in [-0.39, 0.29) is 17.3 Å². The molecule has 0 heterocycles. The Morgan fingerprint density at radius 2 is 2.20 bits per heavy atom. The fourth-order valence-electron chi connectivity index (χ4n) is 1.73. The predicted octanol–water partition coefficient (Wildman–Crippen LogP) is 2.93. The van der Waals surface area contributed by atoms with Gasteiger partial charge in [-0.1, -0.05) is 18.5 Å². The van der Waals surface area contributed by atoms with Crippen LogP contribution in [0.1, 0.15) is 13.8 Å². The van der Waals surface area contributed by atoms with Gasteiger partial charge in [0.1, 0.15) is 11.5 Å². The summed E-state index contributed by atoms with van der Waals surface area (Å²) in [6.45, 7) is 3.60. The monoisotopic (exact) mass is 304 g/mol. The molecule has 0 spiro atoms. The minimum absolute atomic E-state index is 0.0641. The molecule has 0 aliphatic rings. The highest BCUT2D eigenvalue weighted by Gasteiger charge is 2.24. The van der Waals surface area contributed by atoms with Crippen molar-refractivity contribution in [3.8, 4) is 0 Å². The van der Waals surface area contributed by atoms with E-state index in [1.54, 1.807) is 6.92 Å². The van der Waals surface area contributed by atoms with E-state index in [4.69, 9.17) is 16.7 Å². The summed E-state index contributed by atoms with van der Waals surface area (Å²) in [5.74, 6) is -2.62. The average Bonchev–Trinajstić information content (AvgIpc) is 2.38. The van der Waals surface area contributed by atoms with Crippen LogP contribution >= 0.6 is 11.6 Å². The lowest BCUT2D eigenvalue weighted by atomic mass is 10.1. The van der Waals surface area contributed by atoms with Crippen LogP contribution in [0.3, 0.4) is 0 Å². The van der Waals surface area contributed by atoms with Crippen LogP contribution in [0.5, 0.6) is 0 Å². The number of hydrogen-bond donors (Lipinski definition) is 1. The van der Waals surface area contributed by atoms with Gasteiger partial charge in [-0.15, -0.1) is 0 Å². The third kappa shape index (κ3) is 3.57. The molecule has 0 fully saturated rings. The molecule has 1 rings (SSSR count). The molecule has 1 aromatic carbocycles. The van der Waals surface area contributed by atoms with E-state index < -0.39 is 28.3 Å². The van der Waals surface area contributed by atoms with Gasteiger partial charge in [-0.3, -0.25) is 14.9 Å². The molecular weight excluding hydrogens is 291 g/mol. The second-order valence-electron chi connectivity index (χ2n) is 4.29. The van der Waals surface area contributed by atoms with Crippen LogP contribution in [0.2, 0.25) is 5.02 Å². The summed E-state index contributed by atoms with van der Waals surface area (Å²) in [6, 6.07) is 1.89. The molecule has 0 bridgehead atoms. The molecule has 20 heavy (non-hydrogen) atoms. The van der Waals surface area contributed by atoms with Gasteiger partial charge in [-0.2, -0.15) is 0 Å². The number of nitro groups is 1. The quantitative estimate of drug-likeness (QED) is 0.645. The highest BCUT2D eigenvalue weighted by Crippen LogP contribution is 2.33. The highest BCUT2D eigenvalue weighted by molar-refractivity contribution is 6.31. The van der Waals surface area contributed by atoms with Crippen molar-refractivity contribution < 1.29 is 19.2 Å². The smallest absolute Gasteiger partial charge is 0.308 e. The molecule has 6 nitrogen and oxygen atoms in total. The van der Waals surface area contributed by atoms with Crippen molar-refractivity contribution in [1.29, 1.82) is 0 Å². The summed E-state index contributed by atoms with van der Waals surface area (Å²) < 4.78 is 13.3. The maximum absolute atomic E-state index is 13.3. The first-order valence-corrected chi connectivity index (χ1v) is 6.26. The van der Waals surface area contributed by atoms with Gasteiger partial charge < -0.3 is 10.0 Å². The lowest BCUT2D eigenvalue weighted by Gasteiger charge is -2.24. The Morgan fingerprint density at radius 1 is 1.60 bits per heavy atom. The van der Waals surface area contributed by atoms with E-state index in [0.29, 0.717) is 6.54 Å². The van der Waals surface area contributed by atoms with Gasteiger partial charge in [0.05, 0.1) is 21.9 Å². The molecule has 0 saturated carbocycles. The van der Waals surface area contributed by atoms with Crippen molar-refractivity contribution in [1.82, 2.24) is 0 Å². The van der Waals surface area contributed by atoms with Gasteiger partial charge in [0, 0.05) is 13.1 Å². The Labute approximate surface area is 119 Å². The van der Waals surface area contributed by atoms with Crippen LogP contribution in [0.15, 0.2) is 12.1 Å². The third-order valence-electron chi connectivity index (χ3n) is 2.85. The van der Waals surface area contributed by atoms with Crippen LogP contribution in [-0.4, -0.2) is 29.1 Å². The number of carboxylic acid groups (broad SMARTS) is 1.